The van der Waals surface area contributed by atoms with Gasteiger partial charge in [-0.05, 0) is 24.7 Å². The van der Waals surface area contributed by atoms with Crippen LogP contribution in [0.3, 0.4) is 0 Å². The van der Waals surface area contributed by atoms with E-state index in [-0.39, 0.29) is 18.0 Å². The van der Waals surface area contributed by atoms with Crippen LogP contribution in [-0.2, 0) is 9.53 Å². The molecule has 76 valence electrons. The average Bonchev–Trinajstić information content (AvgIpc) is 2.00. The molecule has 1 aliphatic carbocycles. The highest BCUT2D eigenvalue weighted by molar-refractivity contribution is 5.76. The second kappa shape index (κ2) is 4.09. The smallest absolute Gasteiger partial charge is 0.323 e. The van der Waals surface area contributed by atoms with Gasteiger partial charge in [0.1, 0.15) is 12.1 Å². The molecule has 1 saturated carbocycles. The standard InChI is InChI=1S/C10H19NO2/c1-6(2)9(11)10(12)13-8-4-7(3)5-8/h6-9H,4-5,11H2,1-3H3. The molecule has 1 atom stereocenters. The van der Waals surface area contributed by atoms with Gasteiger partial charge in [-0.2, -0.15) is 0 Å². The number of carbonyl (C=O) groups excluding carboxylic acids is 1. The molecule has 0 spiro atoms. The van der Waals surface area contributed by atoms with Crippen LogP contribution in [0, 0.1) is 11.8 Å². The lowest BCUT2D eigenvalue weighted by molar-refractivity contribution is -0.157. The molecular formula is C10H19NO2. The van der Waals surface area contributed by atoms with Gasteiger partial charge in [0.15, 0.2) is 0 Å². The van der Waals surface area contributed by atoms with Crippen LogP contribution in [0.4, 0.5) is 0 Å². The molecule has 0 aromatic rings. The van der Waals surface area contributed by atoms with Crippen molar-refractivity contribution in [2.75, 3.05) is 0 Å². The maximum absolute atomic E-state index is 11.3. The Morgan fingerprint density at radius 3 is 2.38 bits per heavy atom. The molecule has 0 amide bonds. The molecule has 0 aromatic carbocycles. The first-order chi connectivity index (χ1) is 6.00. The fourth-order valence-corrected chi connectivity index (χ4v) is 1.44. The molecule has 1 aliphatic rings. The second-order valence-electron chi connectivity index (χ2n) is 4.41. The summed E-state index contributed by atoms with van der Waals surface area (Å²) in [5.74, 6) is 0.616. The van der Waals surface area contributed by atoms with Crippen LogP contribution < -0.4 is 5.73 Å². The minimum Gasteiger partial charge on any atom is -0.461 e. The Kier molecular flexibility index (Phi) is 3.31. The number of ether oxygens (including phenoxy) is 1. The van der Waals surface area contributed by atoms with Crippen molar-refractivity contribution < 1.29 is 9.53 Å². The van der Waals surface area contributed by atoms with E-state index < -0.39 is 6.04 Å². The van der Waals surface area contributed by atoms with Crippen molar-refractivity contribution in [3.8, 4) is 0 Å². The van der Waals surface area contributed by atoms with E-state index in [1.165, 1.54) is 0 Å². The fraction of sp³-hybridized carbons (Fsp3) is 0.900. The Bertz CT molecular complexity index is 185. The summed E-state index contributed by atoms with van der Waals surface area (Å²) in [7, 11) is 0. The Labute approximate surface area is 79.6 Å². The molecule has 2 N–H and O–H groups in total. The zero-order valence-electron chi connectivity index (χ0n) is 8.62. The predicted molar refractivity (Wildman–Crippen MR) is 51.1 cm³/mol. The largest absolute Gasteiger partial charge is 0.461 e. The van der Waals surface area contributed by atoms with Crippen molar-refractivity contribution in [2.45, 2.75) is 45.8 Å². The maximum atomic E-state index is 11.3. The van der Waals surface area contributed by atoms with Crippen molar-refractivity contribution in [1.82, 2.24) is 0 Å². The highest BCUT2D eigenvalue weighted by atomic mass is 16.5. The van der Waals surface area contributed by atoms with Crippen LogP contribution in [0.15, 0.2) is 0 Å². The predicted octanol–water partition coefficient (Wildman–Crippen LogP) is 1.31. The average molecular weight is 185 g/mol. The summed E-state index contributed by atoms with van der Waals surface area (Å²) < 4.78 is 5.22. The first kappa shape index (κ1) is 10.5. The van der Waals surface area contributed by atoms with Crippen LogP contribution in [0.1, 0.15) is 33.6 Å². The molecule has 0 heterocycles. The van der Waals surface area contributed by atoms with E-state index >= 15 is 0 Å². The van der Waals surface area contributed by atoms with Crippen LogP contribution in [-0.4, -0.2) is 18.1 Å². The first-order valence-corrected chi connectivity index (χ1v) is 4.96. The number of nitrogens with two attached hydrogens (primary N) is 1. The maximum Gasteiger partial charge on any atom is 0.323 e. The molecule has 3 nitrogen and oxygen atoms in total. The third-order valence-corrected chi connectivity index (χ3v) is 2.60. The lowest BCUT2D eigenvalue weighted by Crippen LogP contribution is -2.41. The molecule has 0 radical (unpaired) electrons. The van der Waals surface area contributed by atoms with E-state index in [2.05, 4.69) is 6.92 Å². The number of esters is 1. The molecule has 13 heavy (non-hydrogen) atoms. The van der Waals surface area contributed by atoms with Crippen molar-refractivity contribution in [1.29, 1.82) is 0 Å². The molecule has 0 saturated heterocycles. The zero-order valence-corrected chi connectivity index (χ0v) is 8.62. The van der Waals surface area contributed by atoms with Gasteiger partial charge < -0.3 is 10.5 Å². The van der Waals surface area contributed by atoms with E-state index in [9.17, 15) is 4.79 Å². The van der Waals surface area contributed by atoms with Gasteiger partial charge in [0.05, 0.1) is 0 Å². The number of rotatable bonds is 3. The van der Waals surface area contributed by atoms with Gasteiger partial charge in [-0.1, -0.05) is 20.8 Å². The Morgan fingerprint density at radius 1 is 1.46 bits per heavy atom. The first-order valence-electron chi connectivity index (χ1n) is 4.96. The molecule has 0 bridgehead atoms. The summed E-state index contributed by atoms with van der Waals surface area (Å²) in [4.78, 5) is 11.3. The summed E-state index contributed by atoms with van der Waals surface area (Å²) in [6.45, 7) is 6.01. The number of hydrogen-bond acceptors (Lipinski definition) is 3. The van der Waals surface area contributed by atoms with Crippen LogP contribution >= 0.6 is 0 Å². The summed E-state index contributed by atoms with van der Waals surface area (Å²) in [5, 5.41) is 0. The Morgan fingerprint density at radius 2 is 2.00 bits per heavy atom. The van der Waals surface area contributed by atoms with Crippen molar-refractivity contribution in [3.63, 3.8) is 0 Å². The van der Waals surface area contributed by atoms with Crippen molar-refractivity contribution >= 4 is 5.97 Å². The van der Waals surface area contributed by atoms with Gasteiger partial charge in [0.2, 0.25) is 0 Å². The van der Waals surface area contributed by atoms with E-state index in [1.807, 2.05) is 13.8 Å². The minimum absolute atomic E-state index is 0.132. The minimum atomic E-state index is -0.462. The summed E-state index contributed by atoms with van der Waals surface area (Å²) in [5.41, 5.74) is 5.65. The number of carbonyl (C=O) groups is 1. The molecular weight excluding hydrogens is 166 g/mol. The summed E-state index contributed by atoms with van der Waals surface area (Å²) >= 11 is 0. The molecule has 1 unspecified atom stereocenters. The molecule has 0 aromatic heterocycles. The normalized spacial score (nSPS) is 29.6. The van der Waals surface area contributed by atoms with Gasteiger partial charge in [0.25, 0.3) is 0 Å². The second-order valence-corrected chi connectivity index (χ2v) is 4.41. The highest BCUT2D eigenvalue weighted by Gasteiger charge is 2.30. The Hall–Kier alpha value is -0.570. The SMILES string of the molecule is CC1CC(OC(=O)C(N)C(C)C)C1. The Balaban J connectivity index is 2.25. The van der Waals surface area contributed by atoms with Crippen molar-refractivity contribution in [2.24, 2.45) is 17.6 Å². The highest BCUT2D eigenvalue weighted by Crippen LogP contribution is 2.29. The molecule has 0 aliphatic heterocycles. The zero-order chi connectivity index (χ0) is 10.0. The van der Waals surface area contributed by atoms with E-state index in [0.717, 1.165) is 12.8 Å². The van der Waals surface area contributed by atoms with Crippen molar-refractivity contribution in [3.05, 3.63) is 0 Å². The van der Waals surface area contributed by atoms with Crippen LogP contribution in [0.2, 0.25) is 0 Å². The van der Waals surface area contributed by atoms with Gasteiger partial charge in [-0.15, -0.1) is 0 Å². The molecule has 1 rings (SSSR count). The van der Waals surface area contributed by atoms with Gasteiger partial charge in [-0.25, -0.2) is 0 Å². The van der Waals surface area contributed by atoms with E-state index in [1.54, 1.807) is 0 Å². The number of hydrogen-bond donors (Lipinski definition) is 1. The van der Waals surface area contributed by atoms with Gasteiger partial charge in [-0.3, -0.25) is 4.79 Å². The quantitative estimate of drug-likeness (QED) is 0.674. The van der Waals surface area contributed by atoms with E-state index in [4.69, 9.17) is 10.5 Å². The lowest BCUT2D eigenvalue weighted by Gasteiger charge is -2.33. The third kappa shape index (κ3) is 2.69. The summed E-state index contributed by atoms with van der Waals surface area (Å²) in [6, 6.07) is -0.462. The monoisotopic (exact) mass is 185 g/mol. The fourth-order valence-electron chi connectivity index (χ4n) is 1.44. The lowest BCUT2D eigenvalue weighted by atomic mass is 9.84. The van der Waals surface area contributed by atoms with Gasteiger partial charge in [0, 0.05) is 0 Å². The van der Waals surface area contributed by atoms with Gasteiger partial charge >= 0.3 is 5.97 Å². The van der Waals surface area contributed by atoms with E-state index in [0.29, 0.717) is 5.92 Å². The molecule has 3 heteroatoms. The van der Waals surface area contributed by atoms with Crippen LogP contribution in [0.5, 0.6) is 0 Å². The topological polar surface area (TPSA) is 52.3 Å². The summed E-state index contributed by atoms with van der Waals surface area (Å²) in [6.07, 6.45) is 2.12. The van der Waals surface area contributed by atoms with Crippen LogP contribution in [0.25, 0.3) is 0 Å². The molecule has 1 fully saturated rings. The third-order valence-electron chi connectivity index (χ3n) is 2.60.